The molecule has 1 aliphatic heterocycles. The molecule has 46 heavy (non-hydrogen) atoms. The maximum Gasteiger partial charge on any atom is 0.246 e. The molecule has 1 aliphatic rings. The molecule has 4 rings (SSSR count). The standard InChI is InChI=1S/C38H51N5O3/c1-38(2,39)22-12-17-35(44)42(5)33(27-29-18-19-30-15-10-11-16-31(30)25-29)37(46)43(6)34(26-28-13-8-7-9-14-28)36(45)41(4)32-20-23-40(3)24-21-32/h7-19,25,32-34H,20-24,26-27,39H2,1-6H3/b17-12+/t33-,34-/m1/s1. The van der Waals surface area contributed by atoms with Crippen molar-refractivity contribution in [2.45, 2.75) is 69.6 Å². The fraction of sp³-hybridized carbons (Fsp3) is 0.447. The van der Waals surface area contributed by atoms with Crippen LogP contribution >= 0.6 is 0 Å². The molecule has 8 heteroatoms. The second kappa shape index (κ2) is 15.5. The Balaban J connectivity index is 1.66. The molecular weight excluding hydrogens is 574 g/mol. The van der Waals surface area contributed by atoms with Gasteiger partial charge in [0, 0.05) is 45.6 Å². The van der Waals surface area contributed by atoms with E-state index in [4.69, 9.17) is 5.73 Å². The molecule has 0 saturated carbocycles. The number of amides is 3. The average Bonchev–Trinajstić information content (AvgIpc) is 3.04. The quantitative estimate of drug-likeness (QED) is 0.299. The third-order valence-electron chi connectivity index (χ3n) is 9.20. The highest BCUT2D eigenvalue weighted by Crippen LogP contribution is 2.22. The van der Waals surface area contributed by atoms with Crippen molar-refractivity contribution in [2.24, 2.45) is 5.73 Å². The van der Waals surface area contributed by atoms with Crippen LogP contribution in [-0.2, 0) is 27.2 Å². The van der Waals surface area contributed by atoms with Gasteiger partial charge in [-0.1, -0.05) is 78.9 Å². The second-order valence-electron chi connectivity index (χ2n) is 13.6. The summed E-state index contributed by atoms with van der Waals surface area (Å²) in [6, 6.07) is 22.6. The van der Waals surface area contributed by atoms with Crippen LogP contribution in [0.1, 0.15) is 44.2 Å². The maximum atomic E-state index is 14.6. The molecule has 246 valence electrons. The van der Waals surface area contributed by atoms with Crippen LogP contribution in [0.3, 0.4) is 0 Å². The highest BCUT2D eigenvalue weighted by atomic mass is 16.2. The molecular formula is C38H51N5O3. The van der Waals surface area contributed by atoms with Crippen LogP contribution in [0.15, 0.2) is 84.9 Å². The zero-order valence-electron chi connectivity index (χ0n) is 28.4. The van der Waals surface area contributed by atoms with E-state index in [2.05, 4.69) is 24.1 Å². The van der Waals surface area contributed by atoms with Crippen molar-refractivity contribution < 1.29 is 14.4 Å². The second-order valence-corrected chi connectivity index (χ2v) is 13.6. The molecule has 3 aromatic carbocycles. The van der Waals surface area contributed by atoms with Crippen molar-refractivity contribution in [2.75, 3.05) is 41.3 Å². The van der Waals surface area contributed by atoms with E-state index in [0.29, 0.717) is 19.3 Å². The molecule has 0 aromatic heterocycles. The van der Waals surface area contributed by atoms with Gasteiger partial charge in [0.25, 0.3) is 0 Å². The van der Waals surface area contributed by atoms with E-state index < -0.39 is 17.6 Å². The Morgan fingerprint density at radius 2 is 1.41 bits per heavy atom. The minimum Gasteiger partial charge on any atom is -0.341 e. The first-order valence-electron chi connectivity index (χ1n) is 16.3. The molecule has 3 amide bonds. The first-order valence-corrected chi connectivity index (χ1v) is 16.3. The van der Waals surface area contributed by atoms with Gasteiger partial charge in [0.2, 0.25) is 17.7 Å². The van der Waals surface area contributed by atoms with Crippen LogP contribution in [0, 0.1) is 0 Å². The minimum atomic E-state index is -0.825. The number of likely N-dealkylation sites (tertiary alicyclic amines) is 1. The summed E-state index contributed by atoms with van der Waals surface area (Å²) >= 11 is 0. The number of nitrogens with two attached hydrogens (primary N) is 1. The minimum absolute atomic E-state index is 0.0854. The van der Waals surface area contributed by atoms with E-state index in [-0.39, 0.29) is 23.8 Å². The van der Waals surface area contributed by atoms with Gasteiger partial charge >= 0.3 is 0 Å². The number of likely N-dealkylation sites (N-methyl/N-ethyl adjacent to an activating group) is 3. The fourth-order valence-corrected chi connectivity index (χ4v) is 6.13. The molecule has 1 heterocycles. The largest absolute Gasteiger partial charge is 0.341 e. The van der Waals surface area contributed by atoms with E-state index in [1.807, 2.05) is 86.5 Å². The summed E-state index contributed by atoms with van der Waals surface area (Å²) in [6.07, 6.45) is 6.25. The van der Waals surface area contributed by atoms with Crippen molar-refractivity contribution in [3.8, 4) is 0 Å². The molecule has 2 N–H and O–H groups in total. The number of hydrogen-bond donors (Lipinski definition) is 1. The zero-order chi connectivity index (χ0) is 33.4. The van der Waals surface area contributed by atoms with Crippen LogP contribution in [0.25, 0.3) is 10.8 Å². The molecule has 0 radical (unpaired) electrons. The summed E-state index contributed by atoms with van der Waals surface area (Å²) in [5, 5.41) is 2.17. The molecule has 2 atom stereocenters. The van der Waals surface area contributed by atoms with E-state index in [0.717, 1.165) is 47.8 Å². The Kier molecular flexibility index (Phi) is 11.8. The van der Waals surface area contributed by atoms with Crippen molar-refractivity contribution >= 4 is 28.5 Å². The van der Waals surface area contributed by atoms with E-state index in [9.17, 15) is 14.4 Å². The van der Waals surface area contributed by atoms with Gasteiger partial charge in [0.15, 0.2) is 0 Å². The summed E-state index contributed by atoms with van der Waals surface area (Å²) in [5.74, 6) is -0.647. The maximum absolute atomic E-state index is 14.6. The number of carbonyl (C=O) groups is 3. The first-order chi connectivity index (χ1) is 21.8. The number of hydrogen-bond acceptors (Lipinski definition) is 5. The van der Waals surface area contributed by atoms with E-state index in [1.165, 1.54) is 11.0 Å². The van der Waals surface area contributed by atoms with Gasteiger partial charge in [-0.3, -0.25) is 14.4 Å². The third kappa shape index (κ3) is 9.27. The molecule has 3 aromatic rings. The average molecular weight is 626 g/mol. The van der Waals surface area contributed by atoms with Gasteiger partial charge in [-0.25, -0.2) is 0 Å². The van der Waals surface area contributed by atoms with Crippen molar-refractivity contribution in [3.05, 3.63) is 96.1 Å². The number of fused-ring (bicyclic) bond motifs is 1. The molecule has 1 saturated heterocycles. The third-order valence-corrected chi connectivity index (χ3v) is 9.20. The smallest absolute Gasteiger partial charge is 0.246 e. The molecule has 8 nitrogen and oxygen atoms in total. The highest BCUT2D eigenvalue weighted by Gasteiger charge is 2.37. The number of nitrogens with zero attached hydrogens (tertiary/aromatic N) is 4. The first kappa shape index (κ1) is 34.9. The van der Waals surface area contributed by atoms with Gasteiger partial charge in [-0.15, -0.1) is 0 Å². The monoisotopic (exact) mass is 625 g/mol. The molecule has 0 aliphatic carbocycles. The summed E-state index contributed by atoms with van der Waals surface area (Å²) in [5.41, 5.74) is 7.58. The Bertz CT molecular complexity index is 1510. The van der Waals surface area contributed by atoms with Crippen molar-refractivity contribution in [1.82, 2.24) is 19.6 Å². The Morgan fingerprint density at radius 1 is 0.826 bits per heavy atom. The SMILES string of the molecule is CN1CCC(N(C)C(=O)[C@@H](Cc2ccccc2)N(C)C(=O)[C@@H](Cc2ccc3ccccc3c2)N(C)C(=O)/C=C/CC(C)(C)N)CC1. The highest BCUT2D eigenvalue weighted by molar-refractivity contribution is 5.95. The lowest BCUT2D eigenvalue weighted by Crippen LogP contribution is -2.57. The van der Waals surface area contributed by atoms with E-state index in [1.54, 1.807) is 25.1 Å². The fourth-order valence-electron chi connectivity index (χ4n) is 6.13. The Labute approximate surface area is 274 Å². The molecule has 0 bridgehead atoms. The van der Waals surface area contributed by atoms with Gasteiger partial charge in [0.05, 0.1) is 0 Å². The number of piperidine rings is 1. The predicted octanol–water partition coefficient (Wildman–Crippen LogP) is 4.52. The molecule has 0 spiro atoms. The number of benzene rings is 3. The normalized spacial score (nSPS) is 15.9. The van der Waals surface area contributed by atoms with Crippen LogP contribution in [-0.4, -0.2) is 102 Å². The summed E-state index contributed by atoms with van der Waals surface area (Å²) < 4.78 is 0. The van der Waals surface area contributed by atoms with Crippen LogP contribution in [0.5, 0.6) is 0 Å². The van der Waals surface area contributed by atoms with Gasteiger partial charge < -0.3 is 25.3 Å². The van der Waals surface area contributed by atoms with Crippen molar-refractivity contribution in [3.63, 3.8) is 0 Å². The van der Waals surface area contributed by atoms with E-state index >= 15 is 0 Å². The van der Waals surface area contributed by atoms with Crippen molar-refractivity contribution in [1.29, 1.82) is 0 Å². The topological polar surface area (TPSA) is 90.2 Å². The number of rotatable bonds is 12. The summed E-state index contributed by atoms with van der Waals surface area (Å²) in [7, 11) is 7.33. The van der Waals surface area contributed by atoms with Gasteiger partial charge in [0.1, 0.15) is 12.1 Å². The lowest BCUT2D eigenvalue weighted by Gasteiger charge is -2.39. The zero-order valence-corrected chi connectivity index (χ0v) is 28.4. The molecule has 0 unspecified atom stereocenters. The molecule has 1 fully saturated rings. The lowest BCUT2D eigenvalue weighted by molar-refractivity contribution is -0.149. The van der Waals surface area contributed by atoms with Crippen LogP contribution in [0.2, 0.25) is 0 Å². The number of carbonyl (C=O) groups excluding carboxylic acids is 3. The Hall–Kier alpha value is -4.01. The van der Waals surface area contributed by atoms with Gasteiger partial charge in [-0.2, -0.15) is 0 Å². The van der Waals surface area contributed by atoms with Crippen LogP contribution < -0.4 is 5.73 Å². The summed E-state index contributed by atoms with van der Waals surface area (Å²) in [6.45, 7) is 5.66. The summed E-state index contributed by atoms with van der Waals surface area (Å²) in [4.78, 5) is 49.5. The lowest BCUT2D eigenvalue weighted by atomic mass is 9.97. The predicted molar refractivity (Wildman–Crippen MR) is 186 cm³/mol. The van der Waals surface area contributed by atoms with Crippen LogP contribution in [0.4, 0.5) is 0 Å². The van der Waals surface area contributed by atoms with Gasteiger partial charge in [-0.05, 0) is 81.2 Å². The Morgan fingerprint density at radius 3 is 2.07 bits per heavy atom.